The van der Waals surface area contributed by atoms with Gasteiger partial charge in [-0.15, -0.1) is 0 Å². The van der Waals surface area contributed by atoms with Crippen molar-refractivity contribution in [3.05, 3.63) is 30.1 Å². The Labute approximate surface area is 129 Å². The SMILES string of the molecule is O=C(NC1CC1)C1CCCCN1S(=O)(=O)c1ccc(F)cc1. The Kier molecular flexibility index (Phi) is 4.18. The predicted molar refractivity (Wildman–Crippen MR) is 79.1 cm³/mol. The van der Waals surface area contributed by atoms with E-state index in [9.17, 15) is 17.6 Å². The van der Waals surface area contributed by atoms with Crippen LogP contribution in [0.3, 0.4) is 0 Å². The van der Waals surface area contributed by atoms with Crippen molar-refractivity contribution in [2.45, 2.75) is 49.1 Å². The summed E-state index contributed by atoms with van der Waals surface area (Å²) >= 11 is 0. The van der Waals surface area contributed by atoms with Gasteiger partial charge in [0.1, 0.15) is 11.9 Å². The topological polar surface area (TPSA) is 66.5 Å². The molecule has 2 fully saturated rings. The third kappa shape index (κ3) is 3.15. The lowest BCUT2D eigenvalue weighted by Crippen LogP contribution is -2.52. The minimum Gasteiger partial charge on any atom is -0.352 e. The highest BCUT2D eigenvalue weighted by Crippen LogP contribution is 2.27. The molecular weight excluding hydrogens is 307 g/mol. The van der Waals surface area contributed by atoms with Gasteiger partial charge in [-0.3, -0.25) is 4.79 Å². The molecule has 120 valence electrons. The molecule has 1 heterocycles. The standard InChI is InChI=1S/C15H19FN2O3S/c16-11-4-8-13(9-5-11)22(20,21)18-10-2-1-3-14(18)15(19)17-12-6-7-12/h4-5,8-9,12,14H,1-3,6-7,10H2,(H,17,19). The van der Waals surface area contributed by atoms with E-state index in [4.69, 9.17) is 0 Å². The zero-order valence-electron chi connectivity index (χ0n) is 12.2. The smallest absolute Gasteiger partial charge is 0.243 e. The lowest BCUT2D eigenvalue weighted by molar-refractivity contribution is -0.125. The predicted octanol–water partition coefficient (Wildman–Crippen LogP) is 1.65. The third-order valence-corrected chi connectivity index (χ3v) is 6.02. The van der Waals surface area contributed by atoms with Gasteiger partial charge in [-0.2, -0.15) is 4.31 Å². The van der Waals surface area contributed by atoms with E-state index < -0.39 is 21.9 Å². The molecular formula is C15H19FN2O3S. The zero-order chi connectivity index (χ0) is 15.7. The van der Waals surface area contributed by atoms with E-state index in [0.29, 0.717) is 13.0 Å². The summed E-state index contributed by atoms with van der Waals surface area (Å²) in [6, 6.07) is 4.27. The average Bonchev–Trinajstić information content (AvgIpc) is 3.31. The summed E-state index contributed by atoms with van der Waals surface area (Å²) in [6.07, 6.45) is 4.01. The minimum absolute atomic E-state index is 0.0278. The lowest BCUT2D eigenvalue weighted by atomic mass is 10.0. The van der Waals surface area contributed by atoms with Gasteiger partial charge in [0.2, 0.25) is 15.9 Å². The monoisotopic (exact) mass is 326 g/mol. The summed E-state index contributed by atoms with van der Waals surface area (Å²) in [5, 5.41) is 2.88. The van der Waals surface area contributed by atoms with Crippen molar-refractivity contribution in [3.8, 4) is 0 Å². The molecule has 1 aromatic carbocycles. The first-order valence-corrected chi connectivity index (χ1v) is 9.00. The van der Waals surface area contributed by atoms with Crippen molar-refractivity contribution < 1.29 is 17.6 Å². The maximum atomic E-state index is 13.0. The summed E-state index contributed by atoms with van der Waals surface area (Å²) in [5.41, 5.74) is 0. The van der Waals surface area contributed by atoms with E-state index in [1.54, 1.807) is 0 Å². The molecule has 0 spiro atoms. The van der Waals surface area contributed by atoms with Crippen LogP contribution in [0.15, 0.2) is 29.2 Å². The Bertz CT molecular complexity index is 656. The van der Waals surface area contributed by atoms with Crippen LogP contribution in [0.2, 0.25) is 0 Å². The van der Waals surface area contributed by atoms with Crippen molar-refractivity contribution in [1.29, 1.82) is 0 Å². The van der Waals surface area contributed by atoms with Crippen LogP contribution >= 0.6 is 0 Å². The highest BCUT2D eigenvalue weighted by molar-refractivity contribution is 7.89. The quantitative estimate of drug-likeness (QED) is 0.915. The van der Waals surface area contributed by atoms with E-state index >= 15 is 0 Å². The van der Waals surface area contributed by atoms with E-state index in [2.05, 4.69) is 5.32 Å². The number of nitrogens with zero attached hydrogens (tertiary/aromatic N) is 1. The number of halogens is 1. The highest BCUT2D eigenvalue weighted by Gasteiger charge is 2.39. The van der Waals surface area contributed by atoms with Crippen LogP contribution in [0.4, 0.5) is 4.39 Å². The summed E-state index contributed by atoms with van der Waals surface area (Å²) in [7, 11) is -3.78. The molecule has 7 heteroatoms. The molecule has 22 heavy (non-hydrogen) atoms. The summed E-state index contributed by atoms with van der Waals surface area (Å²) < 4.78 is 39.7. The summed E-state index contributed by atoms with van der Waals surface area (Å²) in [5.74, 6) is -0.700. The second-order valence-corrected chi connectivity index (χ2v) is 7.75. The first kappa shape index (κ1) is 15.4. The number of carbonyl (C=O) groups is 1. The molecule has 1 unspecified atom stereocenters. The van der Waals surface area contributed by atoms with Crippen molar-refractivity contribution in [3.63, 3.8) is 0 Å². The van der Waals surface area contributed by atoms with Gasteiger partial charge >= 0.3 is 0 Å². The molecule has 2 aliphatic rings. The number of nitrogens with one attached hydrogen (secondary N) is 1. The molecule has 1 aromatic rings. The normalized spacial score (nSPS) is 23.2. The van der Waals surface area contributed by atoms with Crippen LogP contribution < -0.4 is 5.32 Å². The molecule has 1 aliphatic carbocycles. The molecule has 1 atom stereocenters. The molecule has 1 N–H and O–H groups in total. The number of hydrogen-bond acceptors (Lipinski definition) is 3. The Morgan fingerprint density at radius 1 is 1.14 bits per heavy atom. The zero-order valence-corrected chi connectivity index (χ0v) is 13.0. The summed E-state index contributed by atoms with van der Waals surface area (Å²) in [4.78, 5) is 12.3. The van der Waals surface area contributed by atoms with Crippen molar-refractivity contribution in [2.24, 2.45) is 0 Å². The average molecular weight is 326 g/mol. The highest BCUT2D eigenvalue weighted by atomic mass is 32.2. The van der Waals surface area contributed by atoms with E-state index in [-0.39, 0.29) is 16.8 Å². The Hall–Kier alpha value is -1.47. The van der Waals surface area contributed by atoms with Gasteiger partial charge in [0, 0.05) is 12.6 Å². The van der Waals surface area contributed by atoms with Gasteiger partial charge in [-0.25, -0.2) is 12.8 Å². The minimum atomic E-state index is -3.78. The van der Waals surface area contributed by atoms with E-state index in [0.717, 1.165) is 37.8 Å². The fourth-order valence-electron chi connectivity index (χ4n) is 2.72. The molecule has 1 saturated carbocycles. The number of hydrogen-bond donors (Lipinski definition) is 1. The van der Waals surface area contributed by atoms with Gasteiger partial charge < -0.3 is 5.32 Å². The molecule has 0 bridgehead atoms. The van der Waals surface area contributed by atoms with Crippen LogP contribution in [-0.4, -0.2) is 37.3 Å². The van der Waals surface area contributed by atoms with Crippen molar-refractivity contribution >= 4 is 15.9 Å². The van der Waals surface area contributed by atoms with Crippen LogP contribution in [0.1, 0.15) is 32.1 Å². The second-order valence-electron chi connectivity index (χ2n) is 5.86. The van der Waals surface area contributed by atoms with Crippen molar-refractivity contribution in [2.75, 3.05) is 6.54 Å². The Morgan fingerprint density at radius 2 is 1.82 bits per heavy atom. The number of piperidine rings is 1. The number of amides is 1. The van der Waals surface area contributed by atoms with Gasteiger partial charge in [-0.05, 0) is 49.9 Å². The Morgan fingerprint density at radius 3 is 2.45 bits per heavy atom. The van der Waals surface area contributed by atoms with Gasteiger partial charge in [-0.1, -0.05) is 6.42 Å². The number of rotatable bonds is 4. The number of benzene rings is 1. The summed E-state index contributed by atoms with van der Waals surface area (Å²) in [6.45, 7) is 0.322. The largest absolute Gasteiger partial charge is 0.352 e. The first-order valence-electron chi connectivity index (χ1n) is 7.56. The molecule has 1 amide bonds. The maximum Gasteiger partial charge on any atom is 0.243 e. The van der Waals surface area contributed by atoms with Crippen LogP contribution in [0, 0.1) is 5.82 Å². The second kappa shape index (κ2) is 5.96. The lowest BCUT2D eigenvalue weighted by Gasteiger charge is -2.33. The number of carbonyl (C=O) groups excluding carboxylic acids is 1. The van der Waals surface area contributed by atoms with E-state index in [1.165, 1.54) is 16.4 Å². The molecule has 1 saturated heterocycles. The maximum absolute atomic E-state index is 13.0. The van der Waals surface area contributed by atoms with Crippen LogP contribution in [0.25, 0.3) is 0 Å². The van der Waals surface area contributed by atoms with Crippen molar-refractivity contribution in [1.82, 2.24) is 9.62 Å². The van der Waals surface area contributed by atoms with E-state index in [1.807, 2.05) is 0 Å². The first-order chi connectivity index (χ1) is 10.5. The molecule has 0 aromatic heterocycles. The molecule has 3 rings (SSSR count). The molecule has 5 nitrogen and oxygen atoms in total. The number of sulfonamides is 1. The third-order valence-electron chi connectivity index (χ3n) is 4.10. The van der Waals surface area contributed by atoms with Gasteiger partial charge in [0.05, 0.1) is 4.90 Å². The van der Waals surface area contributed by atoms with Gasteiger partial charge in [0.15, 0.2) is 0 Å². The molecule has 0 radical (unpaired) electrons. The van der Waals surface area contributed by atoms with Gasteiger partial charge in [0.25, 0.3) is 0 Å². The van der Waals surface area contributed by atoms with Crippen LogP contribution in [0.5, 0.6) is 0 Å². The molecule has 1 aliphatic heterocycles. The fraction of sp³-hybridized carbons (Fsp3) is 0.533. The Balaban J connectivity index is 1.85. The van der Waals surface area contributed by atoms with Crippen LogP contribution in [-0.2, 0) is 14.8 Å². The fourth-order valence-corrected chi connectivity index (χ4v) is 4.38.